The molecule has 2 aromatic carbocycles. The van der Waals surface area contributed by atoms with Crippen LogP contribution in [-0.4, -0.2) is 19.2 Å². The lowest BCUT2D eigenvalue weighted by molar-refractivity contribution is -0.145. The van der Waals surface area contributed by atoms with Crippen molar-refractivity contribution in [1.82, 2.24) is 0 Å². The summed E-state index contributed by atoms with van der Waals surface area (Å²) in [6.45, 7) is 0.136. The molecule has 21 heavy (non-hydrogen) atoms. The molecule has 110 valence electrons. The molecular weight excluding hydrogens is 311 g/mol. The maximum absolute atomic E-state index is 11.6. The summed E-state index contributed by atoms with van der Waals surface area (Å²) < 4.78 is 10.4. The van der Waals surface area contributed by atoms with E-state index < -0.39 is 5.97 Å². The Morgan fingerprint density at radius 3 is 2.52 bits per heavy atom. The molecule has 0 aliphatic carbocycles. The Morgan fingerprint density at radius 2 is 1.81 bits per heavy atom. The predicted octanol–water partition coefficient (Wildman–Crippen LogP) is 4.16. The molecule has 2 rings (SSSR count). The minimum Gasteiger partial charge on any atom is -0.480 e. The van der Waals surface area contributed by atoms with E-state index in [0.717, 1.165) is 5.56 Å². The number of halogens is 2. The number of hydrogen-bond donors (Lipinski definition) is 0. The van der Waals surface area contributed by atoms with Crippen molar-refractivity contribution >= 4 is 29.2 Å². The summed E-state index contributed by atoms with van der Waals surface area (Å²) in [6.07, 6.45) is 0.675. The van der Waals surface area contributed by atoms with E-state index in [1.807, 2.05) is 30.3 Å². The van der Waals surface area contributed by atoms with Crippen molar-refractivity contribution in [2.24, 2.45) is 0 Å². The number of esters is 1. The lowest BCUT2D eigenvalue weighted by Gasteiger charge is -2.08. The van der Waals surface area contributed by atoms with Crippen molar-refractivity contribution in [3.63, 3.8) is 0 Å². The highest BCUT2D eigenvalue weighted by Gasteiger charge is 2.07. The van der Waals surface area contributed by atoms with Gasteiger partial charge in [0.2, 0.25) is 0 Å². The Labute approximate surface area is 133 Å². The molecule has 3 nitrogen and oxygen atoms in total. The molecule has 0 aliphatic rings. The average Bonchev–Trinajstić information content (AvgIpc) is 2.47. The topological polar surface area (TPSA) is 35.5 Å². The van der Waals surface area contributed by atoms with Crippen molar-refractivity contribution in [3.8, 4) is 5.75 Å². The van der Waals surface area contributed by atoms with Crippen LogP contribution in [-0.2, 0) is 16.0 Å². The minimum absolute atomic E-state index is 0.184. The molecule has 0 saturated heterocycles. The van der Waals surface area contributed by atoms with Gasteiger partial charge in [-0.2, -0.15) is 0 Å². The number of carbonyl (C=O) groups excluding carboxylic acids is 1. The van der Waals surface area contributed by atoms with Crippen molar-refractivity contribution in [1.29, 1.82) is 0 Å². The summed E-state index contributed by atoms with van der Waals surface area (Å²) in [5.74, 6) is -0.0296. The largest absolute Gasteiger partial charge is 0.480 e. The van der Waals surface area contributed by atoms with Gasteiger partial charge < -0.3 is 9.47 Å². The summed E-state index contributed by atoms with van der Waals surface area (Å²) in [5, 5.41) is 0.873. The summed E-state index contributed by atoms with van der Waals surface area (Å²) in [6, 6.07) is 14.6. The van der Waals surface area contributed by atoms with E-state index in [4.69, 9.17) is 32.7 Å². The highest BCUT2D eigenvalue weighted by Crippen LogP contribution is 2.27. The van der Waals surface area contributed by atoms with Crippen LogP contribution in [0.25, 0.3) is 0 Å². The number of ether oxygens (including phenoxy) is 2. The van der Waals surface area contributed by atoms with Crippen molar-refractivity contribution < 1.29 is 14.3 Å². The average molecular weight is 325 g/mol. The Bertz CT molecular complexity index is 600. The first-order chi connectivity index (χ1) is 10.1. The summed E-state index contributed by atoms with van der Waals surface area (Å²) >= 11 is 11.7. The molecule has 0 aromatic heterocycles. The first-order valence-electron chi connectivity index (χ1n) is 6.42. The van der Waals surface area contributed by atoms with Gasteiger partial charge in [0, 0.05) is 11.4 Å². The molecule has 0 saturated carbocycles. The lowest BCUT2D eigenvalue weighted by Crippen LogP contribution is -2.16. The van der Waals surface area contributed by atoms with Crippen LogP contribution in [0.4, 0.5) is 0 Å². The monoisotopic (exact) mass is 324 g/mol. The number of hydrogen-bond acceptors (Lipinski definition) is 3. The Morgan fingerprint density at radius 1 is 1.05 bits per heavy atom. The second kappa shape index (κ2) is 7.91. The minimum atomic E-state index is -0.433. The molecular formula is C16H14Cl2O3. The Hall–Kier alpha value is -1.71. The quantitative estimate of drug-likeness (QED) is 0.748. The third kappa shape index (κ3) is 5.29. The zero-order valence-corrected chi connectivity index (χ0v) is 12.7. The fraction of sp³-hybridized carbons (Fsp3) is 0.188. The molecule has 0 amide bonds. The van der Waals surface area contributed by atoms with Gasteiger partial charge in [0.25, 0.3) is 0 Å². The van der Waals surface area contributed by atoms with E-state index in [1.54, 1.807) is 18.2 Å². The van der Waals surface area contributed by atoms with Crippen LogP contribution in [0.15, 0.2) is 48.5 Å². The van der Waals surface area contributed by atoms with Crippen molar-refractivity contribution in [3.05, 3.63) is 64.1 Å². The maximum atomic E-state index is 11.6. The van der Waals surface area contributed by atoms with Crippen LogP contribution < -0.4 is 4.74 Å². The van der Waals surface area contributed by atoms with Crippen molar-refractivity contribution in [2.45, 2.75) is 6.42 Å². The summed E-state index contributed by atoms with van der Waals surface area (Å²) in [4.78, 5) is 11.6. The van der Waals surface area contributed by atoms with E-state index in [0.29, 0.717) is 28.8 Å². The normalized spacial score (nSPS) is 10.2. The van der Waals surface area contributed by atoms with Gasteiger partial charge in [-0.1, -0.05) is 53.5 Å². The molecule has 0 unspecified atom stereocenters. The number of rotatable bonds is 6. The molecule has 0 heterocycles. The molecule has 0 spiro atoms. The van der Waals surface area contributed by atoms with Gasteiger partial charge in [0.05, 0.1) is 11.6 Å². The third-order valence-corrected chi connectivity index (χ3v) is 3.27. The van der Waals surface area contributed by atoms with Crippen LogP contribution >= 0.6 is 23.2 Å². The highest BCUT2D eigenvalue weighted by molar-refractivity contribution is 6.35. The Balaban J connectivity index is 1.72. The second-order valence-electron chi connectivity index (χ2n) is 4.32. The first-order valence-corrected chi connectivity index (χ1v) is 7.18. The van der Waals surface area contributed by atoms with Gasteiger partial charge in [-0.3, -0.25) is 0 Å². The molecule has 0 atom stereocenters. The maximum Gasteiger partial charge on any atom is 0.344 e. The van der Waals surface area contributed by atoms with Crippen LogP contribution in [0.1, 0.15) is 5.56 Å². The summed E-state index contributed by atoms with van der Waals surface area (Å²) in [5.41, 5.74) is 1.12. The molecule has 0 bridgehead atoms. The van der Waals surface area contributed by atoms with Gasteiger partial charge in [-0.05, 0) is 23.8 Å². The Kier molecular flexibility index (Phi) is 5.90. The van der Waals surface area contributed by atoms with E-state index in [9.17, 15) is 4.79 Å². The van der Waals surface area contributed by atoms with Gasteiger partial charge in [0.15, 0.2) is 6.61 Å². The smallest absolute Gasteiger partial charge is 0.344 e. The second-order valence-corrected chi connectivity index (χ2v) is 5.16. The van der Waals surface area contributed by atoms with E-state index in [-0.39, 0.29) is 6.61 Å². The summed E-state index contributed by atoms with van der Waals surface area (Å²) in [7, 11) is 0. The fourth-order valence-corrected chi connectivity index (χ4v) is 2.16. The molecule has 0 radical (unpaired) electrons. The van der Waals surface area contributed by atoms with Gasteiger partial charge in [-0.25, -0.2) is 4.79 Å². The van der Waals surface area contributed by atoms with Crippen LogP contribution in [0.2, 0.25) is 10.0 Å². The lowest BCUT2D eigenvalue weighted by atomic mass is 10.2. The standard InChI is InChI=1S/C16H14Cl2O3/c17-13-6-7-15(14(18)10-13)21-11-16(19)20-9-8-12-4-2-1-3-5-12/h1-7,10H,8-9,11H2. The third-order valence-electron chi connectivity index (χ3n) is 2.74. The van der Waals surface area contributed by atoms with Crippen LogP contribution in [0.5, 0.6) is 5.75 Å². The highest BCUT2D eigenvalue weighted by atomic mass is 35.5. The molecule has 2 aromatic rings. The van der Waals surface area contributed by atoms with Gasteiger partial charge >= 0.3 is 5.97 Å². The molecule has 0 N–H and O–H groups in total. The molecule has 5 heteroatoms. The SMILES string of the molecule is O=C(COc1ccc(Cl)cc1Cl)OCCc1ccccc1. The van der Waals surface area contributed by atoms with Gasteiger partial charge in [-0.15, -0.1) is 0 Å². The van der Waals surface area contributed by atoms with Crippen LogP contribution in [0.3, 0.4) is 0 Å². The zero-order valence-electron chi connectivity index (χ0n) is 11.2. The predicted molar refractivity (Wildman–Crippen MR) is 83.1 cm³/mol. The van der Waals surface area contributed by atoms with E-state index >= 15 is 0 Å². The fourth-order valence-electron chi connectivity index (χ4n) is 1.70. The first kappa shape index (κ1) is 15.7. The number of carbonyl (C=O) groups is 1. The van der Waals surface area contributed by atoms with Crippen molar-refractivity contribution in [2.75, 3.05) is 13.2 Å². The molecule has 0 fully saturated rings. The van der Waals surface area contributed by atoms with E-state index in [1.165, 1.54) is 0 Å². The van der Waals surface area contributed by atoms with Crippen LogP contribution in [0, 0.1) is 0 Å². The van der Waals surface area contributed by atoms with E-state index in [2.05, 4.69) is 0 Å². The molecule has 0 aliphatic heterocycles. The zero-order chi connectivity index (χ0) is 15.1. The van der Waals surface area contributed by atoms with Gasteiger partial charge in [0.1, 0.15) is 5.75 Å². The number of benzene rings is 2.